The molecule has 5 heteroatoms. The number of carbonyl (C=O) groups excluding carboxylic acids is 1. The number of anilines is 1. The number of rotatable bonds is 2. The van der Waals surface area contributed by atoms with E-state index in [4.69, 9.17) is 4.74 Å². The minimum Gasteiger partial charge on any atom is -0.438 e. The maximum Gasteiger partial charge on any atom is 0.510 e. The summed E-state index contributed by atoms with van der Waals surface area (Å²) < 4.78 is 10.1. The second-order valence-electron chi connectivity index (χ2n) is 4.92. The first-order chi connectivity index (χ1) is 9.29. The molecular weight excluding hydrogens is 244 g/mol. The molecule has 2 fully saturated rings. The lowest BCUT2D eigenvalue weighted by atomic mass is 10.2. The predicted molar refractivity (Wildman–Crippen MR) is 70.8 cm³/mol. The van der Waals surface area contributed by atoms with Crippen molar-refractivity contribution in [3.8, 4) is 0 Å². The molecule has 5 nitrogen and oxygen atoms in total. The quantitative estimate of drug-likeness (QED) is 0.763. The van der Waals surface area contributed by atoms with Crippen LogP contribution < -0.4 is 4.90 Å². The lowest BCUT2D eigenvalue weighted by Crippen LogP contribution is -2.42. The number of para-hydroxylation sites is 1. The summed E-state index contributed by atoms with van der Waals surface area (Å²) in [6.07, 6.45) is 1.35. The maximum absolute atomic E-state index is 11.4. The number of benzene rings is 1. The predicted octanol–water partition coefficient (Wildman–Crippen LogP) is 2.04. The molecule has 102 valence electrons. The molecule has 0 aliphatic carbocycles. The standard InChI is InChI=1S/C14H18N2O3/c1-18-14(17)19-13-15-9-5-8-12(15)10-16(13)11-6-3-2-4-7-11/h2-4,6-7,12-13H,5,8-10H2,1H3/t12?,13-/m0/s1. The Morgan fingerprint density at radius 1 is 1.32 bits per heavy atom. The van der Waals surface area contributed by atoms with Crippen molar-refractivity contribution < 1.29 is 14.3 Å². The van der Waals surface area contributed by atoms with Crippen LogP contribution in [0.3, 0.4) is 0 Å². The molecule has 0 spiro atoms. The van der Waals surface area contributed by atoms with Gasteiger partial charge in [0.1, 0.15) is 0 Å². The Labute approximate surface area is 112 Å². The van der Waals surface area contributed by atoms with Gasteiger partial charge in [0.05, 0.1) is 7.11 Å². The largest absolute Gasteiger partial charge is 0.510 e. The molecule has 1 aromatic carbocycles. The minimum atomic E-state index is -0.626. The molecule has 0 bridgehead atoms. The van der Waals surface area contributed by atoms with E-state index in [1.165, 1.54) is 7.11 Å². The van der Waals surface area contributed by atoms with Gasteiger partial charge in [-0.2, -0.15) is 0 Å². The summed E-state index contributed by atoms with van der Waals surface area (Å²) in [5, 5.41) is 0. The molecule has 0 aromatic heterocycles. The monoisotopic (exact) mass is 262 g/mol. The summed E-state index contributed by atoms with van der Waals surface area (Å²) >= 11 is 0. The van der Waals surface area contributed by atoms with Crippen molar-refractivity contribution in [2.45, 2.75) is 25.2 Å². The van der Waals surface area contributed by atoms with Gasteiger partial charge >= 0.3 is 6.16 Å². The zero-order chi connectivity index (χ0) is 13.2. The smallest absolute Gasteiger partial charge is 0.438 e. The van der Waals surface area contributed by atoms with Crippen LogP contribution in [0.2, 0.25) is 0 Å². The molecule has 1 unspecified atom stereocenters. The summed E-state index contributed by atoms with van der Waals surface area (Å²) in [6, 6.07) is 10.5. The number of hydrogen-bond donors (Lipinski definition) is 0. The molecule has 19 heavy (non-hydrogen) atoms. The second-order valence-corrected chi connectivity index (χ2v) is 4.92. The molecular formula is C14H18N2O3. The van der Waals surface area contributed by atoms with Gasteiger partial charge in [0.15, 0.2) is 0 Å². The van der Waals surface area contributed by atoms with Crippen LogP contribution in [0.15, 0.2) is 30.3 Å². The van der Waals surface area contributed by atoms with E-state index in [2.05, 4.69) is 14.5 Å². The third-order valence-corrected chi connectivity index (χ3v) is 3.84. The van der Waals surface area contributed by atoms with Crippen LogP contribution >= 0.6 is 0 Å². The molecule has 3 rings (SSSR count). The summed E-state index contributed by atoms with van der Waals surface area (Å²) in [7, 11) is 1.34. The zero-order valence-corrected chi connectivity index (χ0v) is 11.0. The summed E-state index contributed by atoms with van der Waals surface area (Å²) in [5.74, 6) is 0. The molecule has 1 aromatic rings. The van der Waals surface area contributed by atoms with Crippen LogP contribution in [0.4, 0.5) is 10.5 Å². The number of ether oxygens (including phenoxy) is 2. The Hall–Kier alpha value is -1.75. The van der Waals surface area contributed by atoms with Crippen molar-refractivity contribution in [1.29, 1.82) is 0 Å². The van der Waals surface area contributed by atoms with Crippen LogP contribution in [-0.4, -0.2) is 43.6 Å². The van der Waals surface area contributed by atoms with Crippen LogP contribution in [0.25, 0.3) is 0 Å². The molecule has 0 amide bonds. The average Bonchev–Trinajstić information content (AvgIpc) is 3.02. The van der Waals surface area contributed by atoms with Gasteiger partial charge in [0.2, 0.25) is 6.35 Å². The Kier molecular flexibility index (Phi) is 3.29. The first-order valence-electron chi connectivity index (χ1n) is 6.61. The fraction of sp³-hybridized carbons (Fsp3) is 0.500. The highest BCUT2D eigenvalue weighted by atomic mass is 16.7. The molecule has 0 N–H and O–H groups in total. The van der Waals surface area contributed by atoms with Crippen molar-refractivity contribution in [2.24, 2.45) is 0 Å². The lowest BCUT2D eigenvalue weighted by Gasteiger charge is -2.29. The number of fused-ring (bicyclic) bond motifs is 1. The van der Waals surface area contributed by atoms with E-state index >= 15 is 0 Å². The van der Waals surface area contributed by atoms with E-state index in [1.807, 2.05) is 30.3 Å². The van der Waals surface area contributed by atoms with Crippen molar-refractivity contribution in [3.63, 3.8) is 0 Å². The summed E-state index contributed by atoms with van der Waals surface area (Å²) in [4.78, 5) is 15.8. The van der Waals surface area contributed by atoms with Crippen molar-refractivity contribution in [1.82, 2.24) is 4.90 Å². The Bertz CT molecular complexity index is 451. The molecule has 2 aliphatic heterocycles. The third-order valence-electron chi connectivity index (χ3n) is 3.84. The van der Waals surface area contributed by atoms with Gasteiger partial charge in [-0.05, 0) is 25.0 Å². The third kappa shape index (κ3) is 2.26. The van der Waals surface area contributed by atoms with Gasteiger partial charge in [0, 0.05) is 24.8 Å². The van der Waals surface area contributed by atoms with Gasteiger partial charge in [0.25, 0.3) is 0 Å². The van der Waals surface area contributed by atoms with Gasteiger partial charge in [-0.1, -0.05) is 18.2 Å². The summed E-state index contributed by atoms with van der Waals surface area (Å²) in [6.45, 7) is 1.86. The molecule has 2 aliphatic rings. The second kappa shape index (κ2) is 5.09. The van der Waals surface area contributed by atoms with Crippen LogP contribution in [0.5, 0.6) is 0 Å². The maximum atomic E-state index is 11.4. The number of carbonyl (C=O) groups is 1. The van der Waals surface area contributed by atoms with Crippen molar-refractivity contribution in [3.05, 3.63) is 30.3 Å². The van der Waals surface area contributed by atoms with Gasteiger partial charge in [-0.25, -0.2) is 9.69 Å². The SMILES string of the molecule is COC(=O)O[C@@H]1N(c2ccccc2)CC2CCCN21. The number of methoxy groups -OCH3 is 1. The average molecular weight is 262 g/mol. The minimum absolute atomic E-state index is 0.345. The first kappa shape index (κ1) is 12.3. The van der Waals surface area contributed by atoms with Crippen LogP contribution in [0, 0.1) is 0 Å². The van der Waals surface area contributed by atoms with E-state index in [0.717, 1.165) is 31.6 Å². The lowest BCUT2D eigenvalue weighted by molar-refractivity contribution is -0.0218. The zero-order valence-electron chi connectivity index (χ0n) is 11.0. The number of hydrogen-bond acceptors (Lipinski definition) is 5. The van der Waals surface area contributed by atoms with Gasteiger partial charge in [-0.15, -0.1) is 0 Å². The Balaban J connectivity index is 1.83. The van der Waals surface area contributed by atoms with Gasteiger partial charge in [-0.3, -0.25) is 0 Å². The highest BCUT2D eigenvalue weighted by Gasteiger charge is 2.44. The highest BCUT2D eigenvalue weighted by molar-refractivity contribution is 5.61. The Morgan fingerprint density at radius 2 is 2.11 bits per heavy atom. The van der Waals surface area contributed by atoms with Crippen LogP contribution in [-0.2, 0) is 9.47 Å². The first-order valence-corrected chi connectivity index (χ1v) is 6.61. The van der Waals surface area contributed by atoms with Crippen molar-refractivity contribution in [2.75, 3.05) is 25.1 Å². The highest BCUT2D eigenvalue weighted by Crippen LogP contribution is 2.33. The van der Waals surface area contributed by atoms with E-state index in [0.29, 0.717) is 6.04 Å². The van der Waals surface area contributed by atoms with Gasteiger partial charge < -0.3 is 14.4 Å². The van der Waals surface area contributed by atoms with Crippen LogP contribution in [0.1, 0.15) is 12.8 Å². The fourth-order valence-electron chi connectivity index (χ4n) is 2.96. The fourth-order valence-corrected chi connectivity index (χ4v) is 2.96. The normalized spacial score (nSPS) is 26.3. The topological polar surface area (TPSA) is 42.0 Å². The van der Waals surface area contributed by atoms with E-state index in [9.17, 15) is 4.79 Å². The molecule has 2 heterocycles. The van der Waals surface area contributed by atoms with Crippen molar-refractivity contribution >= 4 is 11.8 Å². The molecule has 0 radical (unpaired) electrons. The molecule has 2 atom stereocenters. The molecule has 2 saturated heterocycles. The summed E-state index contributed by atoms with van der Waals surface area (Å²) in [5.41, 5.74) is 1.07. The van der Waals surface area contributed by atoms with E-state index in [-0.39, 0.29) is 6.35 Å². The number of nitrogens with zero attached hydrogens (tertiary/aromatic N) is 2. The molecule has 0 saturated carbocycles. The Morgan fingerprint density at radius 3 is 2.84 bits per heavy atom. The van der Waals surface area contributed by atoms with E-state index in [1.54, 1.807) is 0 Å². The van der Waals surface area contributed by atoms with E-state index < -0.39 is 6.16 Å².